The SMILES string of the molecule is Cn1c(O)c(C2=NN[C@@H](c3cccs3)C2)c(=O)[nH]c1=O. The smallest absolute Gasteiger partial charge is 0.330 e. The Balaban J connectivity index is 1.98. The van der Waals surface area contributed by atoms with Crippen molar-refractivity contribution >= 4 is 17.0 Å². The number of nitrogens with zero attached hydrogens (tertiary/aromatic N) is 2. The van der Waals surface area contributed by atoms with Gasteiger partial charge in [0.25, 0.3) is 5.56 Å². The van der Waals surface area contributed by atoms with Gasteiger partial charge in [-0.2, -0.15) is 5.10 Å². The molecule has 0 bridgehead atoms. The van der Waals surface area contributed by atoms with Crippen LogP contribution in [0.15, 0.2) is 32.2 Å². The zero-order chi connectivity index (χ0) is 14.3. The topological polar surface area (TPSA) is 99.5 Å². The third-order valence-electron chi connectivity index (χ3n) is 3.22. The number of hydrogen-bond acceptors (Lipinski definition) is 6. The molecule has 0 spiro atoms. The number of hydrogen-bond donors (Lipinski definition) is 3. The highest BCUT2D eigenvalue weighted by Crippen LogP contribution is 2.28. The van der Waals surface area contributed by atoms with Crippen molar-refractivity contribution in [2.45, 2.75) is 12.5 Å². The summed E-state index contributed by atoms with van der Waals surface area (Å²) in [5.41, 5.74) is 2.14. The Kier molecular flexibility index (Phi) is 2.94. The normalized spacial score (nSPS) is 17.9. The Bertz CT molecular complexity index is 788. The van der Waals surface area contributed by atoms with E-state index in [2.05, 4.69) is 15.5 Å². The quantitative estimate of drug-likeness (QED) is 0.740. The summed E-state index contributed by atoms with van der Waals surface area (Å²) >= 11 is 1.59. The van der Waals surface area contributed by atoms with E-state index in [0.29, 0.717) is 12.1 Å². The fourth-order valence-electron chi connectivity index (χ4n) is 2.12. The molecule has 0 fully saturated rings. The second-order valence-electron chi connectivity index (χ2n) is 4.48. The number of aromatic nitrogens is 2. The van der Waals surface area contributed by atoms with E-state index in [1.807, 2.05) is 17.5 Å². The summed E-state index contributed by atoms with van der Waals surface area (Å²) in [5, 5.41) is 16.1. The van der Waals surface area contributed by atoms with Gasteiger partial charge < -0.3 is 10.5 Å². The first-order valence-electron chi connectivity index (χ1n) is 5.96. The van der Waals surface area contributed by atoms with E-state index >= 15 is 0 Å². The van der Waals surface area contributed by atoms with Gasteiger partial charge in [-0.05, 0) is 11.4 Å². The molecule has 8 heteroatoms. The fraction of sp³-hybridized carbons (Fsp3) is 0.250. The van der Waals surface area contributed by atoms with Gasteiger partial charge in [0.05, 0.1) is 11.8 Å². The van der Waals surface area contributed by atoms with Crippen molar-refractivity contribution in [3.05, 3.63) is 48.8 Å². The third-order valence-corrected chi connectivity index (χ3v) is 4.21. The first kappa shape index (κ1) is 12.7. The molecule has 3 N–H and O–H groups in total. The van der Waals surface area contributed by atoms with E-state index in [0.717, 1.165) is 9.44 Å². The minimum atomic E-state index is -0.655. The number of thiophene rings is 1. The summed E-state index contributed by atoms with van der Waals surface area (Å²) in [6.07, 6.45) is 0.482. The van der Waals surface area contributed by atoms with Crippen LogP contribution in [0.1, 0.15) is 22.9 Å². The van der Waals surface area contributed by atoms with Gasteiger partial charge in [0.1, 0.15) is 5.56 Å². The Labute approximate surface area is 117 Å². The molecule has 0 unspecified atom stereocenters. The molecule has 104 valence electrons. The van der Waals surface area contributed by atoms with Crippen molar-refractivity contribution in [2.75, 3.05) is 0 Å². The first-order chi connectivity index (χ1) is 9.58. The zero-order valence-electron chi connectivity index (χ0n) is 10.6. The van der Waals surface area contributed by atoms with Crippen molar-refractivity contribution in [2.24, 2.45) is 12.1 Å². The van der Waals surface area contributed by atoms with Crippen LogP contribution in [0.25, 0.3) is 0 Å². The molecule has 0 saturated carbocycles. The predicted octanol–water partition coefficient (Wildman–Crippen LogP) is 0.279. The largest absolute Gasteiger partial charge is 0.494 e. The van der Waals surface area contributed by atoms with Crippen molar-refractivity contribution in [1.29, 1.82) is 0 Å². The summed E-state index contributed by atoms with van der Waals surface area (Å²) in [7, 11) is 1.39. The molecule has 3 heterocycles. The highest BCUT2D eigenvalue weighted by Gasteiger charge is 2.26. The van der Waals surface area contributed by atoms with Crippen LogP contribution in [-0.2, 0) is 7.05 Å². The molecule has 3 rings (SSSR count). The highest BCUT2D eigenvalue weighted by atomic mass is 32.1. The lowest BCUT2D eigenvalue weighted by atomic mass is 10.1. The van der Waals surface area contributed by atoms with Crippen molar-refractivity contribution in [3.63, 3.8) is 0 Å². The Morgan fingerprint density at radius 3 is 3.00 bits per heavy atom. The van der Waals surface area contributed by atoms with Crippen LogP contribution in [0, 0.1) is 0 Å². The maximum absolute atomic E-state index is 11.9. The lowest BCUT2D eigenvalue weighted by Gasteiger charge is -2.07. The maximum atomic E-state index is 11.9. The number of H-pyrrole nitrogens is 1. The van der Waals surface area contributed by atoms with Gasteiger partial charge in [-0.25, -0.2) is 4.79 Å². The number of rotatable bonds is 2. The lowest BCUT2D eigenvalue weighted by molar-refractivity contribution is 0.416. The van der Waals surface area contributed by atoms with Gasteiger partial charge in [0.2, 0.25) is 5.88 Å². The van der Waals surface area contributed by atoms with Crippen LogP contribution < -0.4 is 16.7 Å². The molecular weight excluding hydrogens is 280 g/mol. The molecular formula is C12H12N4O3S. The average Bonchev–Trinajstić information content (AvgIpc) is 3.06. The van der Waals surface area contributed by atoms with E-state index in [-0.39, 0.29) is 17.5 Å². The molecule has 7 nitrogen and oxygen atoms in total. The van der Waals surface area contributed by atoms with Gasteiger partial charge in [-0.1, -0.05) is 6.07 Å². The van der Waals surface area contributed by atoms with Crippen LogP contribution >= 0.6 is 11.3 Å². The average molecular weight is 292 g/mol. The molecule has 20 heavy (non-hydrogen) atoms. The van der Waals surface area contributed by atoms with Gasteiger partial charge >= 0.3 is 5.69 Å². The Hall–Kier alpha value is -2.35. The van der Waals surface area contributed by atoms with Gasteiger partial charge in [-0.15, -0.1) is 11.3 Å². The molecule has 0 radical (unpaired) electrons. The van der Waals surface area contributed by atoms with E-state index < -0.39 is 11.2 Å². The summed E-state index contributed by atoms with van der Waals surface area (Å²) < 4.78 is 0.984. The molecule has 1 aliphatic heterocycles. The summed E-state index contributed by atoms with van der Waals surface area (Å²) in [6, 6.07) is 3.91. The van der Waals surface area contributed by atoms with Crippen molar-refractivity contribution in [3.8, 4) is 5.88 Å². The van der Waals surface area contributed by atoms with Crippen LogP contribution in [0.4, 0.5) is 0 Å². The van der Waals surface area contributed by atoms with E-state index in [4.69, 9.17) is 0 Å². The monoisotopic (exact) mass is 292 g/mol. The summed E-state index contributed by atoms with van der Waals surface area (Å²) in [4.78, 5) is 26.5. The highest BCUT2D eigenvalue weighted by molar-refractivity contribution is 7.10. The van der Waals surface area contributed by atoms with E-state index in [9.17, 15) is 14.7 Å². The summed E-state index contributed by atoms with van der Waals surface area (Å²) in [6.45, 7) is 0. The third kappa shape index (κ3) is 1.94. The van der Waals surface area contributed by atoms with Crippen LogP contribution in [0.2, 0.25) is 0 Å². The molecule has 2 aromatic heterocycles. The molecule has 0 aliphatic carbocycles. The molecule has 1 aliphatic rings. The predicted molar refractivity (Wildman–Crippen MR) is 75.3 cm³/mol. The molecule has 1 atom stereocenters. The number of hydrazone groups is 1. The molecule has 0 aromatic carbocycles. The maximum Gasteiger partial charge on any atom is 0.330 e. The molecule has 2 aromatic rings. The van der Waals surface area contributed by atoms with Gasteiger partial charge in [0, 0.05) is 18.3 Å². The Morgan fingerprint density at radius 1 is 1.50 bits per heavy atom. The standard InChI is InChI=1S/C12H12N4O3S/c1-16-11(18)9(10(17)13-12(16)19)7-5-6(14-15-7)8-3-2-4-20-8/h2-4,6,14,18H,5H2,1H3,(H,13,17,19)/t6-/m1/s1. The van der Waals surface area contributed by atoms with Gasteiger partial charge in [0.15, 0.2) is 0 Å². The second-order valence-corrected chi connectivity index (χ2v) is 5.46. The minimum absolute atomic E-state index is 0.0129. The zero-order valence-corrected chi connectivity index (χ0v) is 11.4. The number of nitrogens with one attached hydrogen (secondary N) is 2. The minimum Gasteiger partial charge on any atom is -0.494 e. The van der Waals surface area contributed by atoms with E-state index in [1.54, 1.807) is 11.3 Å². The van der Waals surface area contributed by atoms with Crippen molar-refractivity contribution in [1.82, 2.24) is 15.0 Å². The van der Waals surface area contributed by atoms with Crippen LogP contribution in [0.5, 0.6) is 5.88 Å². The van der Waals surface area contributed by atoms with E-state index in [1.165, 1.54) is 7.05 Å². The lowest BCUT2D eigenvalue weighted by Crippen LogP contribution is -2.32. The number of aromatic hydroxyl groups is 1. The Morgan fingerprint density at radius 2 is 2.30 bits per heavy atom. The van der Waals surface area contributed by atoms with Crippen LogP contribution in [-0.4, -0.2) is 20.4 Å². The van der Waals surface area contributed by atoms with Gasteiger partial charge in [-0.3, -0.25) is 14.3 Å². The molecule has 0 amide bonds. The summed E-state index contributed by atoms with van der Waals surface area (Å²) in [5.74, 6) is -0.369. The van der Waals surface area contributed by atoms with Crippen molar-refractivity contribution < 1.29 is 5.11 Å². The fourth-order valence-corrected chi connectivity index (χ4v) is 2.89. The van der Waals surface area contributed by atoms with Crippen LogP contribution in [0.3, 0.4) is 0 Å². The number of aromatic amines is 1. The first-order valence-corrected chi connectivity index (χ1v) is 6.84. The molecule has 0 saturated heterocycles. The second kappa shape index (κ2) is 4.64.